The average Bonchev–Trinajstić information content (AvgIpc) is 2.36. The first-order chi connectivity index (χ1) is 9.81. The van der Waals surface area contributed by atoms with Gasteiger partial charge in [0.05, 0.1) is 12.8 Å². The van der Waals surface area contributed by atoms with Crippen molar-refractivity contribution in [2.75, 3.05) is 17.6 Å². The van der Waals surface area contributed by atoms with Gasteiger partial charge in [0.15, 0.2) is 0 Å². The molecule has 0 aliphatic rings. The Balaban J connectivity index is 2.45. The number of hydrogen-bond donors (Lipinski definition) is 2. The molecule has 0 saturated carbocycles. The van der Waals surface area contributed by atoms with Gasteiger partial charge < -0.3 is 10.5 Å². The summed E-state index contributed by atoms with van der Waals surface area (Å²) in [5, 5.41) is 0.638. The number of methoxy groups -OCH3 is 1. The van der Waals surface area contributed by atoms with Crippen LogP contribution in [-0.4, -0.2) is 15.5 Å². The van der Waals surface area contributed by atoms with Gasteiger partial charge in [0.1, 0.15) is 10.6 Å². The third-order valence-corrected chi connectivity index (χ3v) is 4.43. The Kier molecular flexibility index (Phi) is 4.51. The van der Waals surface area contributed by atoms with E-state index >= 15 is 0 Å². The van der Waals surface area contributed by atoms with E-state index in [1.807, 2.05) is 0 Å². The number of hydrogen-bond acceptors (Lipinski definition) is 4. The Morgan fingerprint density at radius 2 is 1.71 bits per heavy atom. The van der Waals surface area contributed by atoms with Gasteiger partial charge in [0.25, 0.3) is 10.0 Å². The molecule has 112 valence electrons. The Hall–Kier alpha value is -1.63. The second kappa shape index (κ2) is 6.01. The number of rotatable bonds is 4. The molecule has 0 radical (unpaired) electrons. The number of ether oxygens (including phenoxy) is 1. The summed E-state index contributed by atoms with van der Waals surface area (Å²) in [5.74, 6) is 0.185. The highest BCUT2D eigenvalue weighted by Crippen LogP contribution is 2.29. The molecular formula is C13H12Cl2N2O3S. The lowest BCUT2D eigenvalue weighted by atomic mass is 10.3. The molecule has 0 spiro atoms. The van der Waals surface area contributed by atoms with Crippen LogP contribution >= 0.6 is 23.2 Å². The monoisotopic (exact) mass is 346 g/mol. The predicted octanol–water partition coefficient (Wildman–Crippen LogP) is 3.39. The Morgan fingerprint density at radius 3 is 2.29 bits per heavy atom. The fraction of sp³-hybridized carbons (Fsp3) is 0.0769. The number of nitrogens with two attached hydrogens (primary N) is 1. The minimum absolute atomic E-state index is 0.0684. The fourth-order valence-corrected chi connectivity index (χ4v) is 3.50. The van der Waals surface area contributed by atoms with Crippen molar-refractivity contribution in [3.05, 3.63) is 46.4 Å². The van der Waals surface area contributed by atoms with E-state index in [-0.39, 0.29) is 16.3 Å². The lowest BCUT2D eigenvalue weighted by Crippen LogP contribution is -2.14. The van der Waals surface area contributed by atoms with Crippen LogP contribution in [-0.2, 0) is 10.0 Å². The molecule has 0 saturated heterocycles. The maximum absolute atomic E-state index is 12.4. The number of sulfonamides is 1. The van der Waals surface area contributed by atoms with Gasteiger partial charge in [-0.1, -0.05) is 23.2 Å². The highest BCUT2D eigenvalue weighted by atomic mass is 35.5. The van der Waals surface area contributed by atoms with E-state index < -0.39 is 10.0 Å². The first-order valence-electron chi connectivity index (χ1n) is 5.74. The lowest BCUT2D eigenvalue weighted by Gasteiger charge is -2.12. The topological polar surface area (TPSA) is 81.4 Å². The van der Waals surface area contributed by atoms with Gasteiger partial charge in [0, 0.05) is 15.7 Å². The first kappa shape index (κ1) is 15.8. The van der Waals surface area contributed by atoms with Crippen molar-refractivity contribution in [1.29, 1.82) is 0 Å². The van der Waals surface area contributed by atoms with Gasteiger partial charge in [-0.25, -0.2) is 8.42 Å². The van der Waals surface area contributed by atoms with Crippen LogP contribution in [0, 0.1) is 0 Å². The molecule has 8 heteroatoms. The van der Waals surface area contributed by atoms with Crippen molar-refractivity contribution >= 4 is 44.6 Å². The minimum atomic E-state index is -3.88. The number of halogens is 2. The van der Waals surface area contributed by atoms with Gasteiger partial charge in [-0.3, -0.25) is 4.72 Å². The Bertz CT molecular complexity index is 759. The molecule has 0 heterocycles. The highest BCUT2D eigenvalue weighted by molar-refractivity contribution is 7.92. The van der Waals surface area contributed by atoms with Crippen molar-refractivity contribution < 1.29 is 13.2 Å². The predicted molar refractivity (Wildman–Crippen MR) is 84.7 cm³/mol. The van der Waals surface area contributed by atoms with Crippen LogP contribution in [0.15, 0.2) is 41.3 Å². The van der Waals surface area contributed by atoms with Crippen molar-refractivity contribution in [2.24, 2.45) is 0 Å². The van der Waals surface area contributed by atoms with Crippen LogP contribution in [0.1, 0.15) is 0 Å². The quantitative estimate of drug-likeness (QED) is 0.831. The molecule has 0 aliphatic carbocycles. The van der Waals surface area contributed by atoms with Crippen LogP contribution in [0.25, 0.3) is 0 Å². The molecule has 0 aliphatic heterocycles. The first-order valence-corrected chi connectivity index (χ1v) is 7.98. The summed E-state index contributed by atoms with van der Waals surface area (Å²) in [6.45, 7) is 0. The highest BCUT2D eigenvalue weighted by Gasteiger charge is 2.20. The Morgan fingerprint density at radius 1 is 1.10 bits per heavy atom. The lowest BCUT2D eigenvalue weighted by molar-refractivity contribution is 0.403. The molecule has 21 heavy (non-hydrogen) atoms. The summed E-state index contributed by atoms with van der Waals surface area (Å²) >= 11 is 11.7. The van der Waals surface area contributed by atoms with Gasteiger partial charge in [-0.2, -0.15) is 0 Å². The van der Waals surface area contributed by atoms with Crippen molar-refractivity contribution in [3.63, 3.8) is 0 Å². The second-order valence-corrected chi connectivity index (χ2v) is 6.70. The molecule has 5 nitrogen and oxygen atoms in total. The van der Waals surface area contributed by atoms with E-state index in [0.717, 1.165) is 0 Å². The minimum Gasteiger partial charge on any atom is -0.495 e. The van der Waals surface area contributed by atoms with E-state index in [4.69, 9.17) is 33.7 Å². The third-order valence-electron chi connectivity index (χ3n) is 2.59. The summed E-state index contributed by atoms with van der Waals surface area (Å²) in [5.41, 5.74) is 6.18. The number of anilines is 2. The van der Waals surface area contributed by atoms with Crippen molar-refractivity contribution in [2.45, 2.75) is 4.90 Å². The molecule has 3 N–H and O–H groups in total. The van der Waals surface area contributed by atoms with Crippen LogP contribution < -0.4 is 15.2 Å². The molecule has 2 aromatic rings. The summed E-state index contributed by atoms with van der Waals surface area (Å²) in [6.07, 6.45) is 0. The van der Waals surface area contributed by atoms with E-state index in [0.29, 0.717) is 15.7 Å². The molecular weight excluding hydrogens is 335 g/mol. The molecule has 0 bridgehead atoms. The summed E-state index contributed by atoms with van der Waals surface area (Å²) < 4.78 is 32.3. The number of benzene rings is 2. The van der Waals surface area contributed by atoms with Crippen LogP contribution in [0.3, 0.4) is 0 Å². The molecule has 0 amide bonds. The molecule has 0 atom stereocenters. The Labute approximate surface area is 132 Å². The number of nitrogen functional groups attached to an aromatic ring is 1. The zero-order chi connectivity index (χ0) is 15.6. The molecule has 0 unspecified atom stereocenters. The largest absolute Gasteiger partial charge is 0.495 e. The average molecular weight is 347 g/mol. The molecule has 2 rings (SSSR count). The number of nitrogens with one attached hydrogen (secondary N) is 1. The van der Waals surface area contributed by atoms with E-state index in [1.165, 1.54) is 37.4 Å². The maximum atomic E-state index is 12.4. The maximum Gasteiger partial charge on any atom is 0.265 e. The summed E-state index contributed by atoms with van der Waals surface area (Å²) in [4.78, 5) is -0.0684. The van der Waals surface area contributed by atoms with E-state index in [9.17, 15) is 8.42 Å². The second-order valence-electron chi connectivity index (χ2n) is 4.17. The van der Waals surface area contributed by atoms with Gasteiger partial charge >= 0.3 is 0 Å². The van der Waals surface area contributed by atoms with E-state index in [2.05, 4.69) is 4.72 Å². The van der Waals surface area contributed by atoms with Crippen LogP contribution in [0.4, 0.5) is 11.4 Å². The van der Waals surface area contributed by atoms with Crippen LogP contribution in [0.2, 0.25) is 10.0 Å². The molecule has 2 aromatic carbocycles. The molecule has 0 aromatic heterocycles. The van der Waals surface area contributed by atoms with E-state index in [1.54, 1.807) is 6.07 Å². The summed E-state index contributed by atoms with van der Waals surface area (Å²) in [6, 6.07) is 8.74. The summed E-state index contributed by atoms with van der Waals surface area (Å²) in [7, 11) is -2.51. The standard InChI is InChI=1S/C13H12Cl2N2O3S/c1-20-12-3-2-10(16)7-13(12)21(18,19)17-11-5-8(14)4-9(15)6-11/h2-7,17H,16H2,1H3. The SMILES string of the molecule is COc1ccc(N)cc1S(=O)(=O)Nc1cc(Cl)cc(Cl)c1. The van der Waals surface area contributed by atoms with Gasteiger partial charge in [0.2, 0.25) is 0 Å². The van der Waals surface area contributed by atoms with Crippen molar-refractivity contribution in [1.82, 2.24) is 0 Å². The van der Waals surface area contributed by atoms with Gasteiger partial charge in [-0.05, 0) is 36.4 Å². The smallest absolute Gasteiger partial charge is 0.265 e. The third kappa shape index (κ3) is 3.72. The normalized spacial score (nSPS) is 11.2. The fourth-order valence-electron chi connectivity index (χ4n) is 1.73. The molecule has 0 fully saturated rings. The zero-order valence-electron chi connectivity index (χ0n) is 10.9. The van der Waals surface area contributed by atoms with Gasteiger partial charge in [-0.15, -0.1) is 0 Å². The van der Waals surface area contributed by atoms with Crippen molar-refractivity contribution in [3.8, 4) is 5.75 Å². The zero-order valence-corrected chi connectivity index (χ0v) is 13.3. The van der Waals surface area contributed by atoms with Crippen LogP contribution in [0.5, 0.6) is 5.75 Å².